The highest BCUT2D eigenvalue weighted by atomic mass is 19.1. The Balaban J connectivity index is 1.57. The van der Waals surface area contributed by atoms with Gasteiger partial charge in [0.2, 0.25) is 0 Å². The SMILES string of the molecule is CN(C)CCC(NC(=O)COc1ccc(-c2ccccc2)cc1)c1ccc(F)cc1. The van der Waals surface area contributed by atoms with Crippen molar-refractivity contribution in [2.45, 2.75) is 12.5 Å². The van der Waals surface area contributed by atoms with E-state index in [0.717, 1.165) is 29.7 Å². The predicted octanol–water partition coefficient (Wildman–Crippen LogP) is 4.68. The minimum Gasteiger partial charge on any atom is -0.484 e. The Hall–Kier alpha value is -3.18. The Morgan fingerprint density at radius 1 is 0.933 bits per heavy atom. The molecular weight excluding hydrogens is 379 g/mol. The molecule has 0 heterocycles. The lowest BCUT2D eigenvalue weighted by atomic mass is 10.0. The van der Waals surface area contributed by atoms with Gasteiger partial charge in [0, 0.05) is 0 Å². The minimum atomic E-state index is -0.293. The monoisotopic (exact) mass is 406 g/mol. The van der Waals surface area contributed by atoms with Gasteiger partial charge >= 0.3 is 0 Å². The molecule has 3 rings (SSSR count). The van der Waals surface area contributed by atoms with E-state index in [2.05, 4.69) is 5.32 Å². The zero-order valence-electron chi connectivity index (χ0n) is 17.3. The fraction of sp³-hybridized carbons (Fsp3) is 0.240. The Morgan fingerprint density at radius 3 is 2.20 bits per heavy atom. The number of nitrogens with one attached hydrogen (secondary N) is 1. The van der Waals surface area contributed by atoms with Crippen molar-refractivity contribution in [1.29, 1.82) is 0 Å². The van der Waals surface area contributed by atoms with Crippen molar-refractivity contribution in [3.63, 3.8) is 0 Å². The first kappa shape index (κ1) is 21.5. The third-order valence-electron chi connectivity index (χ3n) is 4.80. The second kappa shape index (κ2) is 10.6. The average molecular weight is 407 g/mol. The fourth-order valence-corrected chi connectivity index (χ4v) is 3.16. The smallest absolute Gasteiger partial charge is 0.258 e. The summed E-state index contributed by atoms with van der Waals surface area (Å²) in [6, 6.07) is 23.8. The zero-order chi connectivity index (χ0) is 21.3. The van der Waals surface area contributed by atoms with E-state index in [1.807, 2.05) is 73.6 Å². The van der Waals surface area contributed by atoms with Crippen molar-refractivity contribution in [3.8, 4) is 16.9 Å². The van der Waals surface area contributed by atoms with E-state index in [1.54, 1.807) is 12.1 Å². The van der Waals surface area contributed by atoms with E-state index < -0.39 is 0 Å². The molecule has 5 heteroatoms. The largest absolute Gasteiger partial charge is 0.484 e. The van der Waals surface area contributed by atoms with Gasteiger partial charge in [-0.2, -0.15) is 0 Å². The highest BCUT2D eigenvalue weighted by molar-refractivity contribution is 5.78. The van der Waals surface area contributed by atoms with Crippen LogP contribution in [0.5, 0.6) is 5.75 Å². The maximum atomic E-state index is 13.3. The molecular formula is C25H27FN2O2. The van der Waals surface area contributed by atoms with Gasteiger partial charge in [0.15, 0.2) is 6.61 Å². The van der Waals surface area contributed by atoms with Gasteiger partial charge in [0.05, 0.1) is 6.04 Å². The van der Waals surface area contributed by atoms with Gasteiger partial charge in [-0.25, -0.2) is 4.39 Å². The van der Waals surface area contributed by atoms with Crippen LogP contribution < -0.4 is 10.1 Å². The van der Waals surface area contributed by atoms with Gasteiger partial charge < -0.3 is 15.0 Å². The van der Waals surface area contributed by atoms with E-state index in [4.69, 9.17) is 4.74 Å². The molecule has 0 aliphatic heterocycles. The van der Waals surface area contributed by atoms with Crippen LogP contribution in [-0.4, -0.2) is 38.1 Å². The highest BCUT2D eigenvalue weighted by Crippen LogP contribution is 2.22. The number of carbonyl (C=O) groups excluding carboxylic acids is 1. The summed E-state index contributed by atoms with van der Waals surface area (Å²) >= 11 is 0. The molecule has 0 spiro atoms. The number of carbonyl (C=O) groups is 1. The van der Waals surface area contributed by atoms with Gasteiger partial charge in [-0.1, -0.05) is 54.6 Å². The van der Waals surface area contributed by atoms with Crippen LogP contribution in [0.25, 0.3) is 11.1 Å². The van der Waals surface area contributed by atoms with E-state index >= 15 is 0 Å². The standard InChI is InChI=1S/C25H27FN2O2/c1-28(2)17-16-24(21-8-12-22(26)13-9-21)27-25(29)18-30-23-14-10-20(11-15-23)19-6-4-3-5-7-19/h3-15,24H,16-18H2,1-2H3,(H,27,29). The van der Waals surface area contributed by atoms with Gasteiger partial charge in [-0.15, -0.1) is 0 Å². The Morgan fingerprint density at radius 2 is 1.57 bits per heavy atom. The molecule has 1 amide bonds. The van der Waals surface area contributed by atoms with Crippen molar-refractivity contribution < 1.29 is 13.9 Å². The summed E-state index contributed by atoms with van der Waals surface area (Å²) in [7, 11) is 3.96. The summed E-state index contributed by atoms with van der Waals surface area (Å²) in [6.45, 7) is 0.717. The molecule has 156 valence electrons. The summed E-state index contributed by atoms with van der Waals surface area (Å²) in [5, 5.41) is 3.00. The Kier molecular flexibility index (Phi) is 7.57. The summed E-state index contributed by atoms with van der Waals surface area (Å²) < 4.78 is 18.9. The molecule has 1 atom stereocenters. The summed E-state index contributed by atoms with van der Waals surface area (Å²) in [5.41, 5.74) is 3.09. The number of hydrogen-bond acceptors (Lipinski definition) is 3. The minimum absolute atomic E-state index is 0.0790. The van der Waals surface area contributed by atoms with Crippen molar-refractivity contribution >= 4 is 5.91 Å². The number of benzene rings is 3. The Labute approximate surface area is 177 Å². The lowest BCUT2D eigenvalue weighted by Crippen LogP contribution is -2.34. The molecule has 1 N–H and O–H groups in total. The molecule has 0 aliphatic carbocycles. The first-order valence-electron chi connectivity index (χ1n) is 9.99. The van der Waals surface area contributed by atoms with Crippen LogP contribution in [-0.2, 0) is 4.79 Å². The molecule has 0 aromatic heterocycles. The van der Waals surface area contributed by atoms with Crippen LogP contribution >= 0.6 is 0 Å². The summed E-state index contributed by atoms with van der Waals surface area (Å²) in [4.78, 5) is 14.5. The predicted molar refractivity (Wildman–Crippen MR) is 118 cm³/mol. The lowest BCUT2D eigenvalue weighted by Gasteiger charge is -2.21. The van der Waals surface area contributed by atoms with Gasteiger partial charge in [-0.05, 0) is 68.0 Å². The topological polar surface area (TPSA) is 41.6 Å². The average Bonchev–Trinajstić information content (AvgIpc) is 2.77. The van der Waals surface area contributed by atoms with Crippen LogP contribution in [0.1, 0.15) is 18.0 Å². The van der Waals surface area contributed by atoms with E-state index in [9.17, 15) is 9.18 Å². The third kappa shape index (κ3) is 6.42. The summed E-state index contributed by atoms with van der Waals surface area (Å²) in [6.07, 6.45) is 0.718. The first-order chi connectivity index (χ1) is 14.5. The zero-order valence-corrected chi connectivity index (χ0v) is 17.3. The van der Waals surface area contributed by atoms with E-state index in [-0.39, 0.29) is 24.4 Å². The molecule has 0 bridgehead atoms. The van der Waals surface area contributed by atoms with Crippen molar-refractivity contribution in [2.24, 2.45) is 0 Å². The molecule has 1 unspecified atom stereocenters. The summed E-state index contributed by atoms with van der Waals surface area (Å²) in [5.74, 6) is 0.130. The molecule has 0 saturated carbocycles. The van der Waals surface area contributed by atoms with Crippen LogP contribution in [0.15, 0.2) is 78.9 Å². The van der Waals surface area contributed by atoms with Crippen molar-refractivity contribution in [1.82, 2.24) is 10.2 Å². The third-order valence-corrected chi connectivity index (χ3v) is 4.80. The fourth-order valence-electron chi connectivity index (χ4n) is 3.16. The van der Waals surface area contributed by atoms with E-state index in [1.165, 1.54) is 12.1 Å². The molecule has 0 fully saturated rings. The molecule has 3 aromatic rings. The number of ether oxygens (including phenoxy) is 1. The second-order valence-corrected chi connectivity index (χ2v) is 7.44. The normalized spacial score (nSPS) is 11.9. The number of hydrogen-bond donors (Lipinski definition) is 1. The number of nitrogens with zero attached hydrogens (tertiary/aromatic N) is 1. The molecule has 0 aliphatic rings. The van der Waals surface area contributed by atoms with Crippen LogP contribution in [0.4, 0.5) is 4.39 Å². The number of amides is 1. The second-order valence-electron chi connectivity index (χ2n) is 7.44. The maximum absolute atomic E-state index is 13.3. The quantitative estimate of drug-likeness (QED) is 0.561. The van der Waals surface area contributed by atoms with Crippen molar-refractivity contribution in [2.75, 3.05) is 27.2 Å². The van der Waals surface area contributed by atoms with Crippen molar-refractivity contribution in [3.05, 3.63) is 90.2 Å². The maximum Gasteiger partial charge on any atom is 0.258 e. The van der Waals surface area contributed by atoms with Gasteiger partial charge in [-0.3, -0.25) is 4.79 Å². The molecule has 30 heavy (non-hydrogen) atoms. The molecule has 4 nitrogen and oxygen atoms in total. The van der Waals surface area contributed by atoms with Crippen LogP contribution in [0, 0.1) is 5.82 Å². The van der Waals surface area contributed by atoms with Crippen LogP contribution in [0.2, 0.25) is 0 Å². The molecule has 3 aromatic carbocycles. The van der Waals surface area contributed by atoms with Crippen LogP contribution in [0.3, 0.4) is 0 Å². The molecule has 0 saturated heterocycles. The van der Waals surface area contributed by atoms with Gasteiger partial charge in [0.25, 0.3) is 5.91 Å². The van der Waals surface area contributed by atoms with Gasteiger partial charge in [0.1, 0.15) is 11.6 Å². The van der Waals surface area contributed by atoms with E-state index in [0.29, 0.717) is 5.75 Å². The lowest BCUT2D eigenvalue weighted by molar-refractivity contribution is -0.123. The number of rotatable bonds is 9. The molecule has 0 radical (unpaired) electrons. The first-order valence-corrected chi connectivity index (χ1v) is 9.99. The Bertz CT molecular complexity index is 926. The highest BCUT2D eigenvalue weighted by Gasteiger charge is 2.15. The number of halogens is 1.